The molecular formula is C10H14O2. The third kappa shape index (κ3) is 1.98. The molecule has 2 heteroatoms. The number of aliphatic hydroxyl groups excluding tert-OH is 1. The maximum Gasteiger partial charge on any atom is 0.118 e. The Bertz CT molecular complexity index is 290. The Hall–Kier alpha value is -1.02. The largest absolute Gasteiger partial charge is 0.497 e. The van der Waals surface area contributed by atoms with Gasteiger partial charge in [-0.1, -0.05) is 19.1 Å². The number of aliphatic hydroxyl groups is 1. The normalized spacial score (nSPS) is 16.2. The number of hydrogen-bond donors (Lipinski definition) is 1. The number of rotatable bonds is 3. The first-order valence-electron chi connectivity index (χ1n) is 4.77. The van der Waals surface area contributed by atoms with Gasteiger partial charge in [-0.25, -0.2) is 0 Å². The smallest absolute Gasteiger partial charge is 0.118 e. The van der Waals surface area contributed by atoms with E-state index in [-0.39, 0.29) is 0 Å². The Morgan fingerprint density at radius 2 is 2.08 bits per heavy atom. The van der Waals surface area contributed by atoms with E-state index in [1.165, 1.54) is 6.92 Å². The molecule has 0 bridgehead atoms. The van der Waals surface area contributed by atoms with Crippen molar-refractivity contribution in [3.8, 4) is 5.75 Å². The van der Waals surface area contributed by atoms with Gasteiger partial charge in [-0.2, -0.15) is 0 Å². The minimum atomic E-state index is -1.63. The maximum absolute atomic E-state index is 9.60. The fourth-order valence-corrected chi connectivity index (χ4v) is 0.953. The van der Waals surface area contributed by atoms with Crippen LogP contribution in [-0.4, -0.2) is 12.2 Å². The van der Waals surface area contributed by atoms with Gasteiger partial charge in [-0.3, -0.25) is 0 Å². The highest BCUT2D eigenvalue weighted by atomic mass is 16.5. The standard InChI is InChI=1S/C10H14O2/c1-3-10(11)8-4-6-9(12-2)7-5-8/h4-7,10-11H,3H2,1-2H3/i3D2. The van der Waals surface area contributed by atoms with E-state index in [0.717, 1.165) is 0 Å². The first-order valence-corrected chi connectivity index (χ1v) is 3.77. The lowest BCUT2D eigenvalue weighted by molar-refractivity contribution is 0.173. The van der Waals surface area contributed by atoms with Crippen molar-refractivity contribution in [1.82, 2.24) is 0 Å². The SMILES string of the molecule is [2H]C([2H])(C)C(O)c1ccc(OC)cc1. The number of methoxy groups -OCH3 is 1. The summed E-state index contributed by atoms with van der Waals surface area (Å²) in [6.07, 6.45) is -2.73. The quantitative estimate of drug-likeness (QED) is 0.749. The summed E-state index contributed by atoms with van der Waals surface area (Å²) >= 11 is 0. The molecule has 12 heavy (non-hydrogen) atoms. The summed E-state index contributed by atoms with van der Waals surface area (Å²) in [6, 6.07) is 6.71. The Kier molecular flexibility index (Phi) is 2.23. The zero-order valence-electron chi connectivity index (χ0n) is 9.24. The van der Waals surface area contributed by atoms with E-state index in [9.17, 15) is 5.11 Å². The fourth-order valence-electron chi connectivity index (χ4n) is 0.953. The van der Waals surface area contributed by atoms with Crippen LogP contribution in [0.1, 0.15) is 27.7 Å². The van der Waals surface area contributed by atoms with E-state index < -0.39 is 12.5 Å². The molecule has 0 aliphatic heterocycles. The molecule has 1 N–H and O–H groups in total. The summed E-state index contributed by atoms with van der Waals surface area (Å²) in [5, 5.41) is 9.60. The molecule has 0 aliphatic carbocycles. The third-order valence-electron chi connectivity index (χ3n) is 1.70. The van der Waals surface area contributed by atoms with Crippen LogP contribution < -0.4 is 4.74 Å². The van der Waals surface area contributed by atoms with Crippen molar-refractivity contribution in [1.29, 1.82) is 0 Å². The van der Waals surface area contributed by atoms with E-state index in [2.05, 4.69) is 0 Å². The molecule has 0 aliphatic rings. The molecule has 1 aromatic carbocycles. The van der Waals surface area contributed by atoms with Crippen LogP contribution >= 0.6 is 0 Å². The van der Waals surface area contributed by atoms with Gasteiger partial charge in [-0.05, 0) is 24.1 Å². The second kappa shape index (κ2) is 4.12. The predicted octanol–water partition coefficient (Wildman–Crippen LogP) is 2.14. The fraction of sp³-hybridized carbons (Fsp3) is 0.400. The van der Waals surface area contributed by atoms with E-state index in [4.69, 9.17) is 7.48 Å². The lowest BCUT2D eigenvalue weighted by Crippen LogP contribution is -1.94. The summed E-state index contributed by atoms with van der Waals surface area (Å²) < 4.78 is 19.7. The van der Waals surface area contributed by atoms with Crippen LogP contribution in [0.5, 0.6) is 5.75 Å². The number of hydrogen-bond acceptors (Lipinski definition) is 2. The minimum absolute atomic E-state index is 0.554. The zero-order valence-corrected chi connectivity index (χ0v) is 7.24. The molecule has 66 valence electrons. The van der Waals surface area contributed by atoms with Crippen molar-refractivity contribution >= 4 is 0 Å². The average molecular weight is 168 g/mol. The van der Waals surface area contributed by atoms with Crippen molar-refractivity contribution in [3.05, 3.63) is 29.8 Å². The molecule has 0 amide bonds. The van der Waals surface area contributed by atoms with Gasteiger partial charge in [0.15, 0.2) is 0 Å². The highest BCUT2D eigenvalue weighted by molar-refractivity contribution is 5.28. The molecule has 1 atom stereocenters. The van der Waals surface area contributed by atoms with Gasteiger partial charge in [0.25, 0.3) is 0 Å². The van der Waals surface area contributed by atoms with Gasteiger partial charge >= 0.3 is 0 Å². The first-order chi connectivity index (χ1) is 6.45. The van der Waals surface area contributed by atoms with Crippen molar-refractivity contribution < 1.29 is 12.6 Å². The molecule has 0 radical (unpaired) electrons. The summed E-state index contributed by atoms with van der Waals surface area (Å²) in [5.74, 6) is 0.692. The highest BCUT2D eigenvalue weighted by Gasteiger charge is 2.03. The topological polar surface area (TPSA) is 29.5 Å². The molecule has 0 aromatic heterocycles. The molecule has 2 nitrogen and oxygen atoms in total. The van der Waals surface area contributed by atoms with E-state index in [1.807, 2.05) is 0 Å². The van der Waals surface area contributed by atoms with Gasteiger partial charge < -0.3 is 9.84 Å². The van der Waals surface area contributed by atoms with Crippen molar-refractivity contribution in [2.45, 2.75) is 19.4 Å². The summed E-state index contributed by atoms with van der Waals surface area (Å²) in [4.78, 5) is 0. The molecular weight excluding hydrogens is 152 g/mol. The van der Waals surface area contributed by atoms with Crippen LogP contribution in [0.15, 0.2) is 24.3 Å². The summed E-state index contributed by atoms with van der Waals surface area (Å²) in [5.41, 5.74) is 0.554. The minimum Gasteiger partial charge on any atom is -0.497 e. The van der Waals surface area contributed by atoms with E-state index >= 15 is 0 Å². The molecule has 0 heterocycles. The maximum atomic E-state index is 9.60. The average Bonchev–Trinajstić information content (AvgIpc) is 2.15. The highest BCUT2D eigenvalue weighted by Crippen LogP contribution is 2.19. The van der Waals surface area contributed by atoms with Gasteiger partial charge in [0.2, 0.25) is 0 Å². The molecule has 0 saturated heterocycles. The van der Waals surface area contributed by atoms with Crippen LogP contribution in [0.25, 0.3) is 0 Å². The summed E-state index contributed by atoms with van der Waals surface area (Å²) in [7, 11) is 1.56. The molecule has 1 unspecified atom stereocenters. The van der Waals surface area contributed by atoms with Crippen molar-refractivity contribution in [3.63, 3.8) is 0 Å². The van der Waals surface area contributed by atoms with Crippen LogP contribution in [0.3, 0.4) is 0 Å². The molecule has 0 fully saturated rings. The monoisotopic (exact) mass is 168 g/mol. The Balaban J connectivity index is 2.87. The van der Waals surface area contributed by atoms with E-state index in [1.54, 1.807) is 31.4 Å². The van der Waals surface area contributed by atoms with E-state index in [0.29, 0.717) is 11.3 Å². The third-order valence-corrected chi connectivity index (χ3v) is 1.70. The van der Waals surface area contributed by atoms with Gasteiger partial charge in [0.05, 0.1) is 13.2 Å². The number of benzene rings is 1. The number of ether oxygens (including phenoxy) is 1. The zero-order chi connectivity index (χ0) is 10.8. The van der Waals surface area contributed by atoms with Crippen LogP contribution in [-0.2, 0) is 0 Å². The van der Waals surface area contributed by atoms with Crippen molar-refractivity contribution in [2.75, 3.05) is 7.11 Å². The summed E-state index contributed by atoms with van der Waals surface area (Å²) in [6.45, 7) is 1.35. The molecule has 0 spiro atoms. The Morgan fingerprint density at radius 1 is 1.50 bits per heavy atom. The van der Waals surface area contributed by atoms with Gasteiger partial charge in [-0.15, -0.1) is 0 Å². The van der Waals surface area contributed by atoms with Crippen LogP contribution in [0.2, 0.25) is 0 Å². The lowest BCUT2D eigenvalue weighted by Gasteiger charge is -2.08. The van der Waals surface area contributed by atoms with Crippen LogP contribution in [0, 0.1) is 0 Å². The molecule has 1 aromatic rings. The second-order valence-electron chi connectivity index (χ2n) is 2.46. The lowest BCUT2D eigenvalue weighted by atomic mass is 10.1. The Morgan fingerprint density at radius 3 is 2.50 bits per heavy atom. The first kappa shape index (κ1) is 6.49. The Labute approximate surface area is 75.6 Å². The van der Waals surface area contributed by atoms with Crippen LogP contribution in [0.4, 0.5) is 0 Å². The molecule has 1 rings (SSSR count). The van der Waals surface area contributed by atoms with Gasteiger partial charge in [0.1, 0.15) is 5.75 Å². The predicted molar refractivity (Wildman–Crippen MR) is 48.2 cm³/mol. The van der Waals surface area contributed by atoms with Gasteiger partial charge in [0, 0.05) is 2.74 Å². The second-order valence-corrected chi connectivity index (χ2v) is 2.46. The molecule has 0 saturated carbocycles. The van der Waals surface area contributed by atoms with Crippen molar-refractivity contribution in [2.24, 2.45) is 0 Å².